The van der Waals surface area contributed by atoms with Gasteiger partial charge in [0.15, 0.2) is 0 Å². The zero-order valence-corrected chi connectivity index (χ0v) is 8.45. The van der Waals surface area contributed by atoms with Crippen LogP contribution in [0, 0.1) is 11.6 Å². The van der Waals surface area contributed by atoms with Crippen LogP contribution in [0.25, 0.3) is 0 Å². The van der Waals surface area contributed by atoms with Crippen LogP contribution in [0.15, 0.2) is 42.7 Å². The van der Waals surface area contributed by atoms with Crippen LogP contribution in [-0.4, -0.2) is 4.98 Å². The molecule has 0 aliphatic rings. The second kappa shape index (κ2) is 4.70. The summed E-state index contributed by atoms with van der Waals surface area (Å²) in [4.78, 5) is 3.94. The predicted octanol–water partition coefficient (Wildman–Crippen LogP) is 2.97. The number of nitrogens with zero attached hydrogens (tertiary/aromatic N) is 1. The summed E-state index contributed by atoms with van der Waals surface area (Å²) in [5.41, 5.74) is 1.37. The first kappa shape index (κ1) is 10.5. The van der Waals surface area contributed by atoms with Crippen LogP contribution >= 0.6 is 0 Å². The maximum Gasteiger partial charge on any atom is 0.128 e. The monoisotopic (exact) mass is 220 g/mol. The minimum atomic E-state index is -0.589. The van der Waals surface area contributed by atoms with Gasteiger partial charge in [-0.2, -0.15) is 0 Å². The molecule has 2 rings (SSSR count). The number of hydrogen-bond donors (Lipinski definition) is 1. The van der Waals surface area contributed by atoms with Crippen molar-refractivity contribution in [3.63, 3.8) is 0 Å². The molecule has 0 bridgehead atoms. The number of halogens is 2. The molecule has 0 radical (unpaired) electrons. The number of rotatable bonds is 3. The number of aromatic nitrogens is 1. The van der Waals surface area contributed by atoms with Crippen LogP contribution in [0.3, 0.4) is 0 Å². The molecule has 0 aliphatic carbocycles. The molecule has 0 spiro atoms. The van der Waals surface area contributed by atoms with Gasteiger partial charge in [-0.1, -0.05) is 6.07 Å². The van der Waals surface area contributed by atoms with E-state index in [-0.39, 0.29) is 0 Å². The lowest BCUT2D eigenvalue weighted by molar-refractivity contribution is 0.584. The van der Waals surface area contributed by atoms with Gasteiger partial charge < -0.3 is 5.32 Å². The Morgan fingerprint density at radius 1 is 1.12 bits per heavy atom. The Morgan fingerprint density at radius 2 is 1.88 bits per heavy atom. The molecule has 1 N–H and O–H groups in total. The van der Waals surface area contributed by atoms with Crippen molar-refractivity contribution in [3.8, 4) is 0 Å². The minimum absolute atomic E-state index is 0.418. The summed E-state index contributed by atoms with van der Waals surface area (Å²) in [6.45, 7) is 0.483. The van der Waals surface area contributed by atoms with E-state index in [1.54, 1.807) is 12.4 Å². The number of pyridine rings is 1. The van der Waals surface area contributed by atoms with Gasteiger partial charge in [0, 0.05) is 30.7 Å². The maximum absolute atomic E-state index is 12.9. The molecule has 0 fully saturated rings. The fourth-order valence-electron chi connectivity index (χ4n) is 1.36. The summed E-state index contributed by atoms with van der Waals surface area (Å²) in [7, 11) is 0. The smallest absolute Gasteiger partial charge is 0.128 e. The normalized spacial score (nSPS) is 10.1. The third-order valence-electron chi connectivity index (χ3n) is 2.08. The van der Waals surface area contributed by atoms with Crippen molar-refractivity contribution in [3.05, 3.63) is 59.9 Å². The molecular formula is C12H10F2N2. The Labute approximate surface area is 92.0 Å². The van der Waals surface area contributed by atoms with Crippen LogP contribution in [0.1, 0.15) is 5.56 Å². The van der Waals surface area contributed by atoms with Crippen molar-refractivity contribution in [2.75, 3.05) is 5.32 Å². The standard InChI is InChI=1S/C12H10F2N2/c13-10-4-11(14)6-12(5-10)16-8-9-2-1-3-15-7-9/h1-7,16H,8H2. The minimum Gasteiger partial charge on any atom is -0.381 e. The Morgan fingerprint density at radius 3 is 2.50 bits per heavy atom. The first-order chi connectivity index (χ1) is 7.74. The lowest BCUT2D eigenvalue weighted by atomic mass is 10.2. The zero-order chi connectivity index (χ0) is 11.4. The molecule has 16 heavy (non-hydrogen) atoms. The second-order valence-electron chi connectivity index (χ2n) is 3.37. The highest BCUT2D eigenvalue weighted by Crippen LogP contribution is 2.13. The molecule has 1 heterocycles. The summed E-state index contributed by atoms with van der Waals surface area (Å²) in [6.07, 6.45) is 3.37. The molecule has 0 amide bonds. The summed E-state index contributed by atoms with van der Waals surface area (Å²) in [6, 6.07) is 7.03. The van der Waals surface area contributed by atoms with Crippen LogP contribution in [0.4, 0.5) is 14.5 Å². The fraction of sp³-hybridized carbons (Fsp3) is 0.0833. The van der Waals surface area contributed by atoms with Gasteiger partial charge in [-0.3, -0.25) is 4.98 Å². The first-order valence-corrected chi connectivity index (χ1v) is 4.83. The summed E-state index contributed by atoms with van der Waals surface area (Å²) >= 11 is 0. The van der Waals surface area contributed by atoms with E-state index in [1.807, 2.05) is 12.1 Å². The van der Waals surface area contributed by atoms with Gasteiger partial charge in [0.2, 0.25) is 0 Å². The quantitative estimate of drug-likeness (QED) is 0.860. The molecule has 2 nitrogen and oxygen atoms in total. The highest BCUT2D eigenvalue weighted by molar-refractivity contribution is 5.44. The van der Waals surface area contributed by atoms with Crippen molar-refractivity contribution in [2.24, 2.45) is 0 Å². The van der Waals surface area contributed by atoms with Gasteiger partial charge in [-0.15, -0.1) is 0 Å². The largest absolute Gasteiger partial charge is 0.381 e. The topological polar surface area (TPSA) is 24.9 Å². The SMILES string of the molecule is Fc1cc(F)cc(NCc2cccnc2)c1. The first-order valence-electron chi connectivity index (χ1n) is 4.83. The van der Waals surface area contributed by atoms with E-state index in [1.165, 1.54) is 12.1 Å². The Balaban J connectivity index is 2.05. The fourth-order valence-corrected chi connectivity index (χ4v) is 1.36. The van der Waals surface area contributed by atoms with Gasteiger partial charge in [0.1, 0.15) is 11.6 Å². The third-order valence-corrected chi connectivity index (χ3v) is 2.08. The average Bonchev–Trinajstić information content (AvgIpc) is 2.27. The van der Waals surface area contributed by atoms with Gasteiger partial charge in [0.25, 0.3) is 0 Å². The Kier molecular flexibility index (Phi) is 3.10. The summed E-state index contributed by atoms with van der Waals surface area (Å²) in [5, 5.41) is 2.92. The molecule has 82 valence electrons. The lowest BCUT2D eigenvalue weighted by Gasteiger charge is -2.06. The van der Waals surface area contributed by atoms with Crippen molar-refractivity contribution in [1.29, 1.82) is 0 Å². The van der Waals surface area contributed by atoms with E-state index in [2.05, 4.69) is 10.3 Å². The van der Waals surface area contributed by atoms with E-state index in [9.17, 15) is 8.78 Å². The van der Waals surface area contributed by atoms with Gasteiger partial charge in [-0.05, 0) is 23.8 Å². The van der Waals surface area contributed by atoms with Gasteiger partial charge in [0.05, 0.1) is 0 Å². The summed E-state index contributed by atoms with van der Waals surface area (Å²) in [5.74, 6) is -1.18. The molecule has 0 saturated heterocycles. The molecule has 4 heteroatoms. The molecule has 2 aromatic rings. The second-order valence-corrected chi connectivity index (χ2v) is 3.37. The molecular weight excluding hydrogens is 210 g/mol. The molecule has 0 saturated carbocycles. The van der Waals surface area contributed by atoms with E-state index >= 15 is 0 Å². The molecule has 0 aliphatic heterocycles. The number of benzene rings is 1. The van der Waals surface area contributed by atoms with Crippen molar-refractivity contribution < 1.29 is 8.78 Å². The highest BCUT2D eigenvalue weighted by Gasteiger charge is 2.00. The van der Waals surface area contributed by atoms with Crippen LogP contribution in [0.5, 0.6) is 0 Å². The zero-order valence-electron chi connectivity index (χ0n) is 8.45. The van der Waals surface area contributed by atoms with E-state index < -0.39 is 11.6 Å². The van der Waals surface area contributed by atoms with Gasteiger partial charge in [-0.25, -0.2) is 8.78 Å². The molecule has 0 atom stereocenters. The van der Waals surface area contributed by atoms with Crippen molar-refractivity contribution in [2.45, 2.75) is 6.54 Å². The van der Waals surface area contributed by atoms with Crippen LogP contribution < -0.4 is 5.32 Å². The molecule has 1 aromatic carbocycles. The highest BCUT2D eigenvalue weighted by atomic mass is 19.1. The van der Waals surface area contributed by atoms with Crippen LogP contribution in [0.2, 0.25) is 0 Å². The van der Waals surface area contributed by atoms with E-state index in [0.29, 0.717) is 12.2 Å². The number of anilines is 1. The predicted molar refractivity (Wildman–Crippen MR) is 57.9 cm³/mol. The van der Waals surface area contributed by atoms with Crippen molar-refractivity contribution >= 4 is 5.69 Å². The summed E-state index contributed by atoms with van der Waals surface area (Å²) < 4.78 is 25.7. The van der Waals surface area contributed by atoms with E-state index in [0.717, 1.165) is 11.6 Å². The Bertz CT molecular complexity index is 451. The Hall–Kier alpha value is -1.97. The number of hydrogen-bond acceptors (Lipinski definition) is 2. The molecule has 0 unspecified atom stereocenters. The van der Waals surface area contributed by atoms with Crippen molar-refractivity contribution in [1.82, 2.24) is 4.98 Å². The van der Waals surface area contributed by atoms with Crippen LogP contribution in [-0.2, 0) is 6.54 Å². The van der Waals surface area contributed by atoms with Gasteiger partial charge >= 0.3 is 0 Å². The third kappa shape index (κ3) is 2.76. The molecule has 1 aromatic heterocycles. The average molecular weight is 220 g/mol. The van der Waals surface area contributed by atoms with E-state index in [4.69, 9.17) is 0 Å². The lowest BCUT2D eigenvalue weighted by Crippen LogP contribution is -2.00. The number of nitrogens with one attached hydrogen (secondary N) is 1. The maximum atomic E-state index is 12.9.